The molecule has 1 aliphatic heterocycles. The molecule has 0 unspecified atom stereocenters. The zero-order valence-corrected chi connectivity index (χ0v) is 16.1. The van der Waals surface area contributed by atoms with Gasteiger partial charge >= 0.3 is 0 Å². The molecule has 0 saturated carbocycles. The first kappa shape index (κ1) is 18.4. The van der Waals surface area contributed by atoms with Crippen molar-refractivity contribution in [2.24, 2.45) is 0 Å². The van der Waals surface area contributed by atoms with Crippen molar-refractivity contribution < 1.29 is 0 Å². The summed E-state index contributed by atoms with van der Waals surface area (Å²) in [5.41, 5.74) is 4.25. The lowest BCUT2D eigenvalue weighted by atomic mass is 10.2. The van der Waals surface area contributed by atoms with Crippen molar-refractivity contribution in [2.75, 3.05) is 10.3 Å². The second kappa shape index (κ2) is 7.55. The van der Waals surface area contributed by atoms with Crippen molar-refractivity contribution in [1.29, 1.82) is 10.5 Å². The van der Waals surface area contributed by atoms with Gasteiger partial charge in [-0.05, 0) is 31.2 Å². The highest BCUT2D eigenvalue weighted by Gasteiger charge is 2.27. The normalized spacial score (nSPS) is 13.0. The number of fused-ring (bicyclic) bond motifs is 1. The Kier molecular flexibility index (Phi) is 4.78. The molecule has 8 heteroatoms. The van der Waals surface area contributed by atoms with Gasteiger partial charge in [0.15, 0.2) is 5.57 Å². The van der Waals surface area contributed by atoms with E-state index in [2.05, 4.69) is 10.4 Å². The first-order valence-corrected chi connectivity index (χ1v) is 9.54. The van der Waals surface area contributed by atoms with Crippen LogP contribution in [0.3, 0.4) is 0 Å². The van der Waals surface area contributed by atoms with Crippen molar-refractivity contribution in [3.8, 4) is 12.1 Å². The zero-order chi connectivity index (χ0) is 20.4. The fraction of sp³-hybridized carbons (Fsp3) is 0.0476. The van der Waals surface area contributed by atoms with Crippen molar-refractivity contribution in [1.82, 2.24) is 9.66 Å². The van der Waals surface area contributed by atoms with E-state index < -0.39 is 0 Å². The van der Waals surface area contributed by atoms with Crippen LogP contribution in [-0.2, 0) is 0 Å². The number of hydrogen-bond acceptors (Lipinski definition) is 7. The molecule has 0 spiro atoms. The summed E-state index contributed by atoms with van der Waals surface area (Å²) in [6, 6.07) is 20.4. The van der Waals surface area contributed by atoms with Crippen molar-refractivity contribution in [3.05, 3.63) is 92.6 Å². The second-order valence-electron chi connectivity index (χ2n) is 6.12. The quantitative estimate of drug-likeness (QED) is 0.674. The van der Waals surface area contributed by atoms with Crippen LogP contribution in [0.5, 0.6) is 0 Å². The summed E-state index contributed by atoms with van der Waals surface area (Å²) < 4.78 is 1.37. The monoisotopic (exact) mass is 398 g/mol. The number of rotatable bonds is 3. The van der Waals surface area contributed by atoms with E-state index in [-0.39, 0.29) is 11.1 Å². The minimum absolute atomic E-state index is 0.00684. The fourth-order valence-corrected chi connectivity index (χ4v) is 3.92. The van der Waals surface area contributed by atoms with E-state index in [4.69, 9.17) is 0 Å². The standard InChI is InChI=1S/C21H14N6OS/c1-14-24-18-10-6-5-9-17(18)20(28)27(14)25-19-13-29-21(15(11-22)12-23)26(19)16-7-3-2-4-8-16/h2-10,13,25H,1H3. The molecule has 4 rings (SSSR count). The van der Waals surface area contributed by atoms with Crippen LogP contribution in [0.4, 0.5) is 5.69 Å². The van der Waals surface area contributed by atoms with Crippen LogP contribution in [0.15, 0.2) is 81.2 Å². The van der Waals surface area contributed by atoms with Crippen LogP contribution in [0.1, 0.15) is 5.82 Å². The van der Waals surface area contributed by atoms with Crippen LogP contribution in [0, 0.1) is 29.6 Å². The highest BCUT2D eigenvalue weighted by atomic mass is 32.2. The molecule has 0 saturated heterocycles. The molecule has 2 heterocycles. The van der Waals surface area contributed by atoms with E-state index >= 15 is 0 Å². The molecular weight excluding hydrogens is 384 g/mol. The van der Waals surface area contributed by atoms with Gasteiger partial charge in [0.25, 0.3) is 5.56 Å². The summed E-state index contributed by atoms with van der Waals surface area (Å²) in [4.78, 5) is 19.2. The van der Waals surface area contributed by atoms with Gasteiger partial charge < -0.3 is 0 Å². The molecule has 29 heavy (non-hydrogen) atoms. The van der Waals surface area contributed by atoms with Crippen molar-refractivity contribution in [2.45, 2.75) is 6.92 Å². The first-order valence-electron chi connectivity index (χ1n) is 8.66. The topological polar surface area (TPSA) is 97.7 Å². The first-order chi connectivity index (χ1) is 14.1. The van der Waals surface area contributed by atoms with Crippen LogP contribution in [-0.4, -0.2) is 9.66 Å². The number of para-hydroxylation sites is 2. The van der Waals surface area contributed by atoms with E-state index in [1.54, 1.807) is 35.4 Å². The van der Waals surface area contributed by atoms with Crippen molar-refractivity contribution in [3.63, 3.8) is 0 Å². The average molecular weight is 398 g/mol. The Morgan fingerprint density at radius 3 is 2.48 bits per heavy atom. The molecule has 0 radical (unpaired) electrons. The van der Waals surface area contributed by atoms with Crippen LogP contribution in [0.2, 0.25) is 0 Å². The molecule has 2 aromatic carbocycles. The van der Waals surface area contributed by atoms with Gasteiger partial charge in [-0.15, -0.1) is 0 Å². The Balaban J connectivity index is 1.82. The lowest BCUT2D eigenvalue weighted by Crippen LogP contribution is -2.36. The minimum atomic E-state index is -0.231. The summed E-state index contributed by atoms with van der Waals surface area (Å²) in [6.07, 6.45) is 0. The number of allylic oxidation sites excluding steroid dienone is 1. The van der Waals surface area contributed by atoms with Gasteiger partial charge in [0.2, 0.25) is 0 Å². The van der Waals surface area contributed by atoms with Gasteiger partial charge in [-0.3, -0.25) is 15.1 Å². The highest BCUT2D eigenvalue weighted by molar-refractivity contribution is 8.06. The molecule has 0 aliphatic carbocycles. The predicted octanol–water partition coefficient (Wildman–Crippen LogP) is 3.56. The lowest BCUT2D eigenvalue weighted by Gasteiger charge is -2.25. The van der Waals surface area contributed by atoms with Crippen molar-refractivity contribution >= 4 is 28.4 Å². The highest BCUT2D eigenvalue weighted by Crippen LogP contribution is 2.39. The fourth-order valence-electron chi connectivity index (χ4n) is 3.02. The Morgan fingerprint density at radius 1 is 1.07 bits per heavy atom. The summed E-state index contributed by atoms with van der Waals surface area (Å²) in [5, 5.41) is 21.4. The third-order valence-electron chi connectivity index (χ3n) is 4.35. The molecule has 0 fully saturated rings. The van der Waals surface area contributed by atoms with E-state index in [0.29, 0.717) is 27.6 Å². The number of aryl methyl sites for hydroxylation is 1. The van der Waals surface area contributed by atoms with Crippen LogP contribution in [0.25, 0.3) is 10.9 Å². The van der Waals surface area contributed by atoms with E-state index in [1.807, 2.05) is 48.5 Å². The number of anilines is 1. The maximum atomic E-state index is 13.0. The SMILES string of the molecule is Cc1nc2ccccc2c(=O)n1NC1=CSC(=C(C#N)C#N)N1c1ccccc1. The number of nitrogens with one attached hydrogen (secondary N) is 1. The maximum Gasteiger partial charge on any atom is 0.280 e. The summed E-state index contributed by atoms with van der Waals surface area (Å²) in [5.74, 6) is 1.03. The molecule has 0 atom stereocenters. The number of thioether (sulfide) groups is 1. The number of benzene rings is 2. The maximum absolute atomic E-state index is 13.0. The van der Waals surface area contributed by atoms with Gasteiger partial charge in [-0.1, -0.05) is 42.1 Å². The largest absolute Gasteiger partial charge is 0.287 e. The average Bonchev–Trinajstić information content (AvgIpc) is 3.16. The number of hydrogen-bond donors (Lipinski definition) is 1. The van der Waals surface area contributed by atoms with Gasteiger partial charge in [0.1, 0.15) is 28.8 Å². The predicted molar refractivity (Wildman–Crippen MR) is 113 cm³/mol. The molecule has 0 amide bonds. The molecule has 1 N–H and O–H groups in total. The Hall–Kier alpha value is -4.01. The number of nitrogens with zero attached hydrogens (tertiary/aromatic N) is 5. The van der Waals surface area contributed by atoms with Gasteiger partial charge in [-0.25, -0.2) is 9.66 Å². The molecular formula is C21H14N6OS. The second-order valence-corrected chi connectivity index (χ2v) is 6.98. The molecule has 0 bridgehead atoms. The molecule has 1 aliphatic rings. The zero-order valence-electron chi connectivity index (χ0n) is 15.3. The van der Waals surface area contributed by atoms with Crippen LogP contribution >= 0.6 is 11.8 Å². The Bertz CT molecular complexity index is 1290. The van der Waals surface area contributed by atoms with Crippen LogP contribution < -0.4 is 15.9 Å². The van der Waals surface area contributed by atoms with Gasteiger partial charge in [0, 0.05) is 11.1 Å². The molecule has 1 aromatic heterocycles. The summed E-state index contributed by atoms with van der Waals surface area (Å²) in [7, 11) is 0. The Morgan fingerprint density at radius 2 is 1.76 bits per heavy atom. The molecule has 3 aromatic rings. The summed E-state index contributed by atoms with van der Waals surface area (Å²) in [6.45, 7) is 1.74. The van der Waals surface area contributed by atoms with E-state index in [9.17, 15) is 15.3 Å². The number of aromatic nitrogens is 2. The Labute approximate surface area is 170 Å². The van der Waals surface area contributed by atoms with Gasteiger partial charge in [0.05, 0.1) is 10.9 Å². The number of nitriles is 2. The third-order valence-corrected chi connectivity index (χ3v) is 5.30. The van der Waals surface area contributed by atoms with E-state index in [0.717, 1.165) is 5.69 Å². The van der Waals surface area contributed by atoms with Gasteiger partial charge in [-0.2, -0.15) is 10.5 Å². The summed E-state index contributed by atoms with van der Waals surface area (Å²) >= 11 is 1.25. The smallest absolute Gasteiger partial charge is 0.280 e. The minimum Gasteiger partial charge on any atom is -0.287 e. The lowest BCUT2D eigenvalue weighted by molar-refractivity contribution is 0.794. The molecule has 7 nitrogen and oxygen atoms in total. The third kappa shape index (κ3) is 3.22. The van der Waals surface area contributed by atoms with E-state index in [1.165, 1.54) is 16.4 Å². The molecule has 140 valence electrons.